The maximum atomic E-state index is 8.69. The molecule has 0 N–H and O–H groups in total. The van der Waals surface area contributed by atoms with Crippen LogP contribution < -0.4 is 4.74 Å². The maximum absolute atomic E-state index is 8.69. The summed E-state index contributed by atoms with van der Waals surface area (Å²) in [6.45, 7) is 0. The Morgan fingerprint density at radius 1 is 1.47 bits per heavy atom. The molecule has 0 saturated heterocycles. The van der Waals surface area contributed by atoms with Crippen LogP contribution in [0.5, 0.6) is 11.8 Å². The molecular formula is C10H8N4O. The maximum Gasteiger partial charge on any atom is 0.340 e. The van der Waals surface area contributed by atoms with Crippen LogP contribution in [0.2, 0.25) is 0 Å². The molecule has 1 aromatic heterocycles. The molecular weight excluding hydrogens is 192 g/mol. The molecule has 15 heavy (non-hydrogen) atoms. The van der Waals surface area contributed by atoms with Crippen LogP contribution in [0.1, 0.15) is 5.56 Å². The van der Waals surface area contributed by atoms with E-state index >= 15 is 0 Å². The van der Waals surface area contributed by atoms with Gasteiger partial charge in [-0.25, -0.2) is 0 Å². The van der Waals surface area contributed by atoms with Crippen LogP contribution in [-0.4, -0.2) is 14.8 Å². The minimum atomic E-state index is 0.271. The molecule has 0 spiro atoms. The Balaban J connectivity index is 2.21. The van der Waals surface area contributed by atoms with Crippen molar-refractivity contribution < 1.29 is 4.74 Å². The first kappa shape index (κ1) is 9.21. The van der Waals surface area contributed by atoms with E-state index in [4.69, 9.17) is 10.00 Å². The average Bonchev–Trinajstić information content (AvgIpc) is 2.64. The van der Waals surface area contributed by atoms with Crippen LogP contribution in [-0.2, 0) is 7.05 Å². The molecule has 5 heteroatoms. The summed E-state index contributed by atoms with van der Waals surface area (Å²) in [5.41, 5.74) is 0.545. The molecule has 74 valence electrons. The lowest BCUT2D eigenvalue weighted by molar-refractivity contribution is 0.439. The number of nitrogens with zero attached hydrogens (tertiary/aromatic N) is 4. The fourth-order valence-electron chi connectivity index (χ4n) is 1.10. The molecule has 0 bridgehead atoms. The van der Waals surface area contributed by atoms with E-state index in [9.17, 15) is 0 Å². The summed E-state index contributed by atoms with van der Waals surface area (Å²) in [5, 5.41) is 12.7. The number of ether oxygens (including phenoxy) is 1. The second-order valence-corrected chi connectivity index (χ2v) is 2.94. The van der Waals surface area contributed by atoms with Gasteiger partial charge in [-0.05, 0) is 18.2 Å². The summed E-state index contributed by atoms with van der Waals surface area (Å²) in [6, 6.07) is 9.14. The monoisotopic (exact) mass is 200 g/mol. The van der Waals surface area contributed by atoms with Crippen molar-refractivity contribution in [3.63, 3.8) is 0 Å². The van der Waals surface area contributed by atoms with Gasteiger partial charge in [-0.3, -0.25) is 4.68 Å². The Hall–Kier alpha value is -2.35. The summed E-state index contributed by atoms with van der Waals surface area (Å²) >= 11 is 0. The molecule has 0 atom stereocenters. The first-order valence-corrected chi connectivity index (χ1v) is 4.31. The lowest BCUT2D eigenvalue weighted by Crippen LogP contribution is -1.90. The molecule has 1 aromatic carbocycles. The van der Waals surface area contributed by atoms with Crippen LogP contribution in [0.15, 0.2) is 30.6 Å². The largest absolute Gasteiger partial charge is 0.423 e. The normalized spacial score (nSPS) is 9.60. The molecule has 0 aliphatic carbocycles. The highest BCUT2D eigenvalue weighted by Crippen LogP contribution is 2.17. The van der Waals surface area contributed by atoms with E-state index in [2.05, 4.69) is 10.1 Å². The predicted molar refractivity (Wildman–Crippen MR) is 52.2 cm³/mol. The van der Waals surface area contributed by atoms with Crippen LogP contribution in [0, 0.1) is 11.3 Å². The predicted octanol–water partition coefficient (Wildman–Crippen LogP) is 1.48. The van der Waals surface area contributed by atoms with Crippen molar-refractivity contribution in [2.45, 2.75) is 0 Å². The first-order chi connectivity index (χ1) is 7.28. The van der Waals surface area contributed by atoms with E-state index in [1.54, 1.807) is 42.3 Å². The highest BCUT2D eigenvalue weighted by Gasteiger charge is 2.02. The Labute approximate surface area is 86.6 Å². The molecule has 0 amide bonds. The lowest BCUT2D eigenvalue weighted by atomic mass is 10.2. The van der Waals surface area contributed by atoms with Crippen molar-refractivity contribution in [2.24, 2.45) is 7.05 Å². The van der Waals surface area contributed by atoms with Gasteiger partial charge in [0.05, 0.1) is 11.6 Å². The van der Waals surface area contributed by atoms with Gasteiger partial charge in [0.15, 0.2) is 0 Å². The van der Waals surface area contributed by atoms with E-state index in [-0.39, 0.29) is 6.01 Å². The number of aromatic nitrogens is 3. The minimum absolute atomic E-state index is 0.271. The molecule has 0 saturated carbocycles. The number of rotatable bonds is 2. The fraction of sp³-hybridized carbons (Fsp3) is 0.100. The van der Waals surface area contributed by atoms with Crippen molar-refractivity contribution in [2.75, 3.05) is 0 Å². The molecule has 0 aliphatic heterocycles. The first-order valence-electron chi connectivity index (χ1n) is 4.31. The summed E-state index contributed by atoms with van der Waals surface area (Å²) < 4.78 is 6.89. The third kappa shape index (κ3) is 2.11. The highest BCUT2D eigenvalue weighted by atomic mass is 16.5. The zero-order valence-electron chi connectivity index (χ0n) is 8.08. The number of nitriles is 1. The number of hydrogen-bond donors (Lipinski definition) is 0. The molecule has 1 heterocycles. The molecule has 5 nitrogen and oxygen atoms in total. The molecule has 0 radical (unpaired) electrons. The Kier molecular flexibility index (Phi) is 2.33. The summed E-state index contributed by atoms with van der Waals surface area (Å²) in [5.74, 6) is 0.556. The third-order valence-corrected chi connectivity index (χ3v) is 1.75. The summed E-state index contributed by atoms with van der Waals surface area (Å²) in [4.78, 5) is 3.91. The molecule has 0 unspecified atom stereocenters. The zero-order chi connectivity index (χ0) is 10.7. The van der Waals surface area contributed by atoms with Gasteiger partial charge in [0.1, 0.15) is 12.1 Å². The van der Waals surface area contributed by atoms with Crippen molar-refractivity contribution in [3.8, 4) is 17.8 Å². The molecule has 0 aliphatic rings. The van der Waals surface area contributed by atoms with Gasteiger partial charge in [-0.15, -0.1) is 5.10 Å². The standard InChI is InChI=1S/C10H8N4O/c1-14-7-12-10(13-14)15-9-4-2-3-8(5-9)6-11/h2-5,7H,1H3. The SMILES string of the molecule is Cn1cnc(Oc2cccc(C#N)c2)n1. The van der Waals surface area contributed by atoms with Gasteiger partial charge in [0, 0.05) is 7.05 Å². The van der Waals surface area contributed by atoms with Crippen molar-refractivity contribution in [1.82, 2.24) is 14.8 Å². The van der Waals surface area contributed by atoms with Gasteiger partial charge in [0.2, 0.25) is 0 Å². The molecule has 2 aromatic rings. The van der Waals surface area contributed by atoms with Gasteiger partial charge in [-0.2, -0.15) is 10.2 Å². The van der Waals surface area contributed by atoms with E-state index in [0.29, 0.717) is 11.3 Å². The van der Waals surface area contributed by atoms with Gasteiger partial charge in [0.25, 0.3) is 0 Å². The number of aryl methyl sites for hydroxylation is 1. The van der Waals surface area contributed by atoms with E-state index in [1.165, 1.54) is 0 Å². The van der Waals surface area contributed by atoms with Crippen LogP contribution >= 0.6 is 0 Å². The zero-order valence-corrected chi connectivity index (χ0v) is 8.08. The van der Waals surface area contributed by atoms with E-state index < -0.39 is 0 Å². The summed E-state index contributed by atoms with van der Waals surface area (Å²) in [7, 11) is 1.76. The van der Waals surface area contributed by atoms with Crippen molar-refractivity contribution in [1.29, 1.82) is 5.26 Å². The van der Waals surface area contributed by atoms with Crippen molar-refractivity contribution in [3.05, 3.63) is 36.2 Å². The number of hydrogen-bond acceptors (Lipinski definition) is 4. The second-order valence-electron chi connectivity index (χ2n) is 2.94. The van der Waals surface area contributed by atoms with Crippen LogP contribution in [0.25, 0.3) is 0 Å². The minimum Gasteiger partial charge on any atom is -0.423 e. The van der Waals surface area contributed by atoms with Crippen LogP contribution in [0.3, 0.4) is 0 Å². The van der Waals surface area contributed by atoms with Gasteiger partial charge in [-0.1, -0.05) is 6.07 Å². The average molecular weight is 200 g/mol. The lowest BCUT2D eigenvalue weighted by Gasteiger charge is -1.99. The van der Waals surface area contributed by atoms with E-state index in [1.807, 2.05) is 6.07 Å². The Bertz CT molecular complexity index is 512. The van der Waals surface area contributed by atoms with Crippen LogP contribution in [0.4, 0.5) is 0 Å². The Morgan fingerprint density at radius 2 is 2.33 bits per heavy atom. The third-order valence-electron chi connectivity index (χ3n) is 1.75. The summed E-state index contributed by atoms with van der Waals surface area (Å²) in [6.07, 6.45) is 1.55. The second kappa shape index (κ2) is 3.80. The fourth-order valence-corrected chi connectivity index (χ4v) is 1.10. The molecule has 2 rings (SSSR count). The van der Waals surface area contributed by atoms with E-state index in [0.717, 1.165) is 0 Å². The van der Waals surface area contributed by atoms with Crippen molar-refractivity contribution >= 4 is 0 Å². The number of benzene rings is 1. The smallest absolute Gasteiger partial charge is 0.340 e. The quantitative estimate of drug-likeness (QED) is 0.736. The Morgan fingerprint density at radius 3 is 3.00 bits per heavy atom. The highest BCUT2D eigenvalue weighted by molar-refractivity contribution is 5.37. The van der Waals surface area contributed by atoms with Gasteiger partial charge >= 0.3 is 6.01 Å². The molecule has 0 fully saturated rings. The van der Waals surface area contributed by atoms with Gasteiger partial charge < -0.3 is 4.74 Å². The topological polar surface area (TPSA) is 63.7 Å².